The molecule has 21 heavy (non-hydrogen) atoms. The Bertz CT molecular complexity index is 563. The molecule has 0 aliphatic rings. The fourth-order valence-electron chi connectivity index (χ4n) is 2.14. The van der Waals surface area contributed by atoms with Gasteiger partial charge in [-0.25, -0.2) is 4.68 Å². The van der Waals surface area contributed by atoms with E-state index >= 15 is 0 Å². The maximum Gasteiger partial charge on any atom is 0.176 e. The summed E-state index contributed by atoms with van der Waals surface area (Å²) >= 11 is 1.74. The zero-order valence-corrected chi connectivity index (χ0v) is 13.4. The highest BCUT2D eigenvalue weighted by atomic mass is 32.2. The molecule has 0 saturated heterocycles. The van der Waals surface area contributed by atoms with Crippen molar-refractivity contribution in [3.8, 4) is 5.82 Å². The number of aliphatic hydroxyl groups is 1. The summed E-state index contributed by atoms with van der Waals surface area (Å²) < 4.78 is 1.78. The molecule has 2 aromatic heterocycles. The van der Waals surface area contributed by atoms with Crippen LogP contribution in [0.15, 0.2) is 18.2 Å². The third kappa shape index (κ3) is 4.18. The smallest absolute Gasteiger partial charge is 0.176 e. The fourth-order valence-corrected chi connectivity index (χ4v) is 2.79. The number of thioether (sulfide) groups is 1. The molecule has 6 nitrogen and oxygen atoms in total. The molecule has 2 N–H and O–H groups in total. The zero-order chi connectivity index (χ0) is 15.2. The lowest BCUT2D eigenvalue weighted by Crippen LogP contribution is -2.24. The number of rotatable bonds is 7. The first-order valence-electron chi connectivity index (χ1n) is 6.87. The Labute approximate surface area is 129 Å². The number of hydrogen-bond acceptors (Lipinski definition) is 6. The van der Waals surface area contributed by atoms with E-state index in [0.29, 0.717) is 18.1 Å². The van der Waals surface area contributed by atoms with Gasteiger partial charge in [-0.3, -0.25) is 0 Å². The van der Waals surface area contributed by atoms with Gasteiger partial charge in [0.25, 0.3) is 0 Å². The van der Waals surface area contributed by atoms with Crippen LogP contribution in [-0.4, -0.2) is 49.7 Å². The maximum atomic E-state index is 9.07. The molecular weight excluding hydrogens is 286 g/mol. The number of aromatic nitrogens is 4. The molecule has 7 heteroatoms. The van der Waals surface area contributed by atoms with Gasteiger partial charge in [0.15, 0.2) is 5.82 Å². The quantitative estimate of drug-likeness (QED) is 0.812. The Morgan fingerprint density at radius 1 is 1.33 bits per heavy atom. The summed E-state index contributed by atoms with van der Waals surface area (Å²) in [7, 11) is 0. The maximum absolute atomic E-state index is 9.07. The van der Waals surface area contributed by atoms with Crippen LogP contribution >= 0.6 is 11.8 Å². The second kappa shape index (κ2) is 7.42. The summed E-state index contributed by atoms with van der Waals surface area (Å²) in [5.41, 5.74) is 1.99. The van der Waals surface area contributed by atoms with E-state index in [1.54, 1.807) is 16.4 Å². The largest absolute Gasteiger partial charge is 0.396 e. The van der Waals surface area contributed by atoms with Crippen LogP contribution in [-0.2, 0) is 0 Å². The highest BCUT2D eigenvalue weighted by Crippen LogP contribution is 2.13. The number of aliphatic hydroxyl groups excluding tert-OH is 1. The molecule has 2 heterocycles. The van der Waals surface area contributed by atoms with Crippen molar-refractivity contribution >= 4 is 17.6 Å². The molecule has 0 aromatic carbocycles. The van der Waals surface area contributed by atoms with E-state index in [1.807, 2.05) is 38.3 Å². The van der Waals surface area contributed by atoms with Gasteiger partial charge < -0.3 is 10.4 Å². The Balaban J connectivity index is 2.09. The molecule has 1 atom stereocenters. The molecule has 0 aliphatic heterocycles. The van der Waals surface area contributed by atoms with Crippen molar-refractivity contribution in [3.63, 3.8) is 0 Å². The topological polar surface area (TPSA) is 75.9 Å². The summed E-state index contributed by atoms with van der Waals surface area (Å²) in [5.74, 6) is 2.34. The highest BCUT2D eigenvalue weighted by molar-refractivity contribution is 7.98. The van der Waals surface area contributed by atoms with Crippen LogP contribution in [0.4, 0.5) is 5.82 Å². The molecule has 0 saturated carbocycles. The van der Waals surface area contributed by atoms with E-state index in [9.17, 15) is 0 Å². The first-order valence-corrected chi connectivity index (χ1v) is 8.27. The minimum atomic E-state index is 0.162. The predicted molar refractivity (Wildman–Crippen MR) is 86.1 cm³/mol. The third-order valence-corrected chi connectivity index (χ3v) is 3.81. The van der Waals surface area contributed by atoms with Crippen molar-refractivity contribution in [3.05, 3.63) is 29.6 Å². The Morgan fingerprint density at radius 2 is 2.14 bits per heavy atom. The Hall–Kier alpha value is -1.60. The van der Waals surface area contributed by atoms with Gasteiger partial charge in [-0.2, -0.15) is 16.9 Å². The summed E-state index contributed by atoms with van der Waals surface area (Å²) in [6.45, 7) is 4.11. The number of nitrogens with one attached hydrogen (secondary N) is 1. The second-order valence-electron chi connectivity index (χ2n) is 4.92. The standard InChI is InChI=1S/C14H21N5OS/c1-10-8-11(2)19(18-10)14-5-4-13(16-17-14)15-12(6-7-20)9-21-3/h4-5,8,12,20H,6-7,9H2,1-3H3,(H,15,16). The van der Waals surface area contributed by atoms with Crippen LogP contribution in [0.5, 0.6) is 0 Å². The molecule has 2 rings (SSSR count). The van der Waals surface area contributed by atoms with Crippen molar-refractivity contribution in [2.24, 2.45) is 0 Å². The average Bonchev–Trinajstić information content (AvgIpc) is 2.79. The Morgan fingerprint density at radius 3 is 2.67 bits per heavy atom. The lowest BCUT2D eigenvalue weighted by Gasteiger charge is -2.16. The normalized spacial score (nSPS) is 12.4. The van der Waals surface area contributed by atoms with Crippen LogP contribution in [0.25, 0.3) is 5.82 Å². The third-order valence-electron chi connectivity index (χ3n) is 3.07. The van der Waals surface area contributed by atoms with Crippen molar-refractivity contribution in [2.45, 2.75) is 26.3 Å². The molecule has 0 radical (unpaired) electrons. The molecule has 0 spiro atoms. The summed E-state index contributed by atoms with van der Waals surface area (Å²) in [4.78, 5) is 0. The molecular formula is C14H21N5OS. The van der Waals surface area contributed by atoms with Crippen LogP contribution in [0.2, 0.25) is 0 Å². The lowest BCUT2D eigenvalue weighted by molar-refractivity contribution is 0.282. The van der Waals surface area contributed by atoms with Gasteiger partial charge >= 0.3 is 0 Å². The van der Waals surface area contributed by atoms with E-state index < -0.39 is 0 Å². The van der Waals surface area contributed by atoms with Gasteiger partial charge in [0, 0.05) is 24.1 Å². The molecule has 1 unspecified atom stereocenters. The van der Waals surface area contributed by atoms with Gasteiger partial charge in [-0.15, -0.1) is 10.2 Å². The molecule has 0 aliphatic carbocycles. The lowest BCUT2D eigenvalue weighted by atomic mass is 10.2. The van der Waals surface area contributed by atoms with Crippen molar-refractivity contribution in [1.29, 1.82) is 0 Å². The van der Waals surface area contributed by atoms with Crippen molar-refractivity contribution in [2.75, 3.05) is 23.9 Å². The van der Waals surface area contributed by atoms with Gasteiger partial charge in [0.1, 0.15) is 5.82 Å². The summed E-state index contributed by atoms with van der Waals surface area (Å²) in [5, 5.41) is 25.2. The molecule has 0 amide bonds. The summed E-state index contributed by atoms with van der Waals surface area (Å²) in [6.07, 6.45) is 2.74. The predicted octanol–water partition coefficient (Wildman–Crippen LogP) is 1.81. The first-order chi connectivity index (χ1) is 10.1. The fraction of sp³-hybridized carbons (Fsp3) is 0.500. The number of anilines is 1. The van der Waals surface area contributed by atoms with Crippen LogP contribution in [0, 0.1) is 13.8 Å². The van der Waals surface area contributed by atoms with E-state index in [1.165, 1.54) is 0 Å². The van der Waals surface area contributed by atoms with Gasteiger partial charge in [-0.1, -0.05) is 0 Å². The zero-order valence-electron chi connectivity index (χ0n) is 12.6. The minimum Gasteiger partial charge on any atom is -0.396 e. The molecule has 0 fully saturated rings. The Kier molecular flexibility index (Phi) is 5.58. The van der Waals surface area contributed by atoms with Crippen LogP contribution in [0.1, 0.15) is 17.8 Å². The van der Waals surface area contributed by atoms with E-state index in [0.717, 1.165) is 17.1 Å². The van der Waals surface area contributed by atoms with E-state index in [-0.39, 0.29) is 12.6 Å². The van der Waals surface area contributed by atoms with E-state index in [2.05, 4.69) is 20.6 Å². The number of hydrogen-bond donors (Lipinski definition) is 2. The average molecular weight is 307 g/mol. The van der Waals surface area contributed by atoms with Crippen molar-refractivity contribution < 1.29 is 5.11 Å². The minimum absolute atomic E-state index is 0.162. The molecule has 114 valence electrons. The highest BCUT2D eigenvalue weighted by Gasteiger charge is 2.10. The van der Waals surface area contributed by atoms with Crippen LogP contribution in [0.3, 0.4) is 0 Å². The second-order valence-corrected chi connectivity index (χ2v) is 5.84. The SMILES string of the molecule is CSCC(CCO)Nc1ccc(-n2nc(C)cc2C)nn1. The molecule has 2 aromatic rings. The number of nitrogens with zero attached hydrogens (tertiary/aromatic N) is 4. The first kappa shape index (κ1) is 15.8. The van der Waals surface area contributed by atoms with E-state index in [4.69, 9.17) is 5.11 Å². The van der Waals surface area contributed by atoms with Gasteiger partial charge in [-0.05, 0) is 44.7 Å². The van der Waals surface area contributed by atoms with Gasteiger partial charge in [0.2, 0.25) is 0 Å². The summed E-state index contributed by atoms with van der Waals surface area (Å²) in [6, 6.07) is 5.98. The number of aryl methyl sites for hydroxylation is 2. The van der Waals surface area contributed by atoms with Crippen molar-refractivity contribution in [1.82, 2.24) is 20.0 Å². The molecule has 0 bridgehead atoms. The monoisotopic (exact) mass is 307 g/mol. The van der Waals surface area contributed by atoms with Crippen LogP contribution < -0.4 is 5.32 Å². The van der Waals surface area contributed by atoms with Gasteiger partial charge in [0.05, 0.1) is 5.69 Å².